The Hall–Kier alpha value is -2.67. The van der Waals surface area contributed by atoms with Gasteiger partial charge in [-0.3, -0.25) is 9.47 Å². The molecule has 6 rings (SSSR count). The summed E-state index contributed by atoms with van der Waals surface area (Å²) < 4.78 is 28.8. The third-order valence-electron chi connectivity index (χ3n) is 8.05. The fourth-order valence-electron chi connectivity index (χ4n) is 6.53. The molecule has 2 atom stereocenters. The molecule has 7 heteroatoms. The first kappa shape index (κ1) is 20.0. The molecule has 0 bridgehead atoms. The smallest absolute Gasteiger partial charge is 0.326 e. The fourth-order valence-corrected chi connectivity index (χ4v) is 6.53. The number of para-hydroxylation sites is 2. The number of anilines is 1. The molecule has 2 unspecified atom stereocenters. The predicted octanol–water partition coefficient (Wildman–Crippen LogP) is 4.16. The molecule has 1 saturated heterocycles. The summed E-state index contributed by atoms with van der Waals surface area (Å²) in [5, 5.41) is 0. The Kier molecular flexibility index (Phi) is 4.82. The Morgan fingerprint density at radius 3 is 2.22 bits per heavy atom. The highest BCUT2D eigenvalue weighted by atomic mass is 19.2. The minimum atomic E-state index is -0.793. The molecule has 2 saturated carbocycles. The van der Waals surface area contributed by atoms with Crippen LogP contribution >= 0.6 is 0 Å². The maximum atomic E-state index is 13.6. The number of H-pyrrole nitrogens is 1. The second-order valence-corrected chi connectivity index (χ2v) is 9.71. The highest BCUT2D eigenvalue weighted by Gasteiger charge is 2.44. The Balaban J connectivity index is 1.08. The van der Waals surface area contributed by atoms with E-state index in [1.165, 1.54) is 25.0 Å². The number of benzene rings is 2. The molecule has 2 aliphatic carbocycles. The van der Waals surface area contributed by atoms with Crippen molar-refractivity contribution in [2.45, 2.75) is 37.8 Å². The minimum Gasteiger partial charge on any atom is -0.369 e. The van der Waals surface area contributed by atoms with Gasteiger partial charge in [-0.25, -0.2) is 13.6 Å². The van der Waals surface area contributed by atoms with E-state index in [9.17, 15) is 13.6 Å². The molecule has 3 aromatic rings. The van der Waals surface area contributed by atoms with Gasteiger partial charge in [-0.2, -0.15) is 0 Å². The van der Waals surface area contributed by atoms with Gasteiger partial charge in [-0.15, -0.1) is 0 Å². The molecular formula is C25H28F2N4O. The number of imidazole rings is 1. The average molecular weight is 439 g/mol. The highest BCUT2D eigenvalue weighted by Crippen LogP contribution is 2.50. The third kappa shape index (κ3) is 3.34. The van der Waals surface area contributed by atoms with Crippen LogP contribution in [0, 0.1) is 23.5 Å². The predicted molar refractivity (Wildman–Crippen MR) is 121 cm³/mol. The summed E-state index contributed by atoms with van der Waals surface area (Å²) >= 11 is 0. The monoisotopic (exact) mass is 438 g/mol. The maximum Gasteiger partial charge on any atom is 0.326 e. The van der Waals surface area contributed by atoms with E-state index < -0.39 is 11.6 Å². The van der Waals surface area contributed by atoms with Crippen LogP contribution in [0.25, 0.3) is 11.0 Å². The fraction of sp³-hybridized carbons (Fsp3) is 0.480. The lowest BCUT2D eigenvalue weighted by Crippen LogP contribution is -2.50. The topological polar surface area (TPSA) is 44.3 Å². The second-order valence-electron chi connectivity index (χ2n) is 9.71. The largest absolute Gasteiger partial charge is 0.369 e. The molecule has 168 valence electrons. The van der Waals surface area contributed by atoms with Crippen molar-refractivity contribution in [2.24, 2.45) is 11.8 Å². The number of nitrogens with one attached hydrogen (secondary N) is 1. The van der Waals surface area contributed by atoms with Crippen LogP contribution in [0.1, 0.15) is 31.7 Å². The summed E-state index contributed by atoms with van der Waals surface area (Å²) in [6.07, 6.45) is 4.56. The molecule has 1 N–H and O–H groups in total. The van der Waals surface area contributed by atoms with Crippen LogP contribution in [0.3, 0.4) is 0 Å². The Bertz CT molecular complexity index is 1180. The molecule has 0 spiro atoms. The van der Waals surface area contributed by atoms with Crippen LogP contribution in [-0.4, -0.2) is 46.7 Å². The van der Waals surface area contributed by atoms with Gasteiger partial charge in [0.25, 0.3) is 0 Å². The number of aromatic amines is 1. The molecule has 1 aliphatic heterocycles. The summed E-state index contributed by atoms with van der Waals surface area (Å²) in [5.41, 5.74) is 2.72. The number of hydrogen-bond donors (Lipinski definition) is 1. The van der Waals surface area contributed by atoms with E-state index in [0.29, 0.717) is 23.9 Å². The van der Waals surface area contributed by atoms with E-state index in [1.807, 2.05) is 28.8 Å². The van der Waals surface area contributed by atoms with Crippen molar-refractivity contribution >= 4 is 16.7 Å². The van der Waals surface area contributed by atoms with Gasteiger partial charge in [0, 0.05) is 50.0 Å². The molecule has 3 fully saturated rings. The lowest BCUT2D eigenvalue weighted by Gasteiger charge is -2.39. The van der Waals surface area contributed by atoms with Crippen molar-refractivity contribution < 1.29 is 8.78 Å². The van der Waals surface area contributed by atoms with Gasteiger partial charge in [0.05, 0.1) is 11.0 Å². The molecule has 3 aliphatic rings. The van der Waals surface area contributed by atoms with E-state index in [2.05, 4.69) is 14.8 Å². The number of nitrogens with zero attached hydrogens (tertiary/aromatic N) is 3. The molecule has 2 aromatic carbocycles. The molecule has 2 heterocycles. The summed E-state index contributed by atoms with van der Waals surface area (Å²) in [5.74, 6) is -0.222. The lowest BCUT2D eigenvalue weighted by molar-refractivity contribution is 0.177. The van der Waals surface area contributed by atoms with Gasteiger partial charge >= 0.3 is 5.69 Å². The highest BCUT2D eigenvalue weighted by molar-refractivity contribution is 5.75. The van der Waals surface area contributed by atoms with Crippen LogP contribution in [-0.2, 0) is 0 Å². The van der Waals surface area contributed by atoms with Gasteiger partial charge in [0.15, 0.2) is 11.6 Å². The average Bonchev–Trinajstić information content (AvgIpc) is 3.46. The van der Waals surface area contributed by atoms with Crippen molar-refractivity contribution in [3.63, 3.8) is 0 Å². The van der Waals surface area contributed by atoms with Crippen molar-refractivity contribution in [3.05, 3.63) is 64.6 Å². The molecule has 5 nitrogen and oxygen atoms in total. The summed E-state index contributed by atoms with van der Waals surface area (Å²) in [4.78, 5) is 20.3. The SMILES string of the molecule is O=c1[nH]c2ccccc2n1C1CC2CC(N3CCN(c4ccc(F)c(F)c4)CC3)CC2C1. The Morgan fingerprint density at radius 2 is 1.50 bits per heavy atom. The van der Waals surface area contributed by atoms with Crippen molar-refractivity contribution in [1.82, 2.24) is 14.5 Å². The standard InChI is InChI=1S/C25H28F2N4O/c26-21-6-5-18(15-22(21)27)29-7-9-30(10-8-29)19-11-16-13-20(14-17(16)12-19)31-24-4-2-1-3-23(24)28-25(31)32/h1-6,15-17,19-20H,7-14H2,(H,28,32). The van der Waals surface area contributed by atoms with E-state index in [1.54, 1.807) is 6.07 Å². The van der Waals surface area contributed by atoms with Crippen LogP contribution in [0.15, 0.2) is 47.3 Å². The number of hydrogen-bond acceptors (Lipinski definition) is 3. The number of piperazine rings is 1. The van der Waals surface area contributed by atoms with E-state index in [0.717, 1.165) is 55.7 Å². The van der Waals surface area contributed by atoms with Crippen LogP contribution < -0.4 is 10.6 Å². The van der Waals surface area contributed by atoms with E-state index in [-0.39, 0.29) is 5.69 Å². The summed E-state index contributed by atoms with van der Waals surface area (Å²) in [6.45, 7) is 3.58. The van der Waals surface area contributed by atoms with Gasteiger partial charge in [0.1, 0.15) is 0 Å². The van der Waals surface area contributed by atoms with Crippen LogP contribution in [0.5, 0.6) is 0 Å². The normalized spacial score (nSPS) is 28.5. The first-order chi connectivity index (χ1) is 15.6. The van der Waals surface area contributed by atoms with Crippen molar-refractivity contribution in [1.29, 1.82) is 0 Å². The van der Waals surface area contributed by atoms with Gasteiger partial charge < -0.3 is 9.88 Å². The van der Waals surface area contributed by atoms with Gasteiger partial charge in [-0.1, -0.05) is 12.1 Å². The molecule has 0 radical (unpaired) electrons. The minimum absolute atomic E-state index is 0.0149. The number of aromatic nitrogens is 2. The molecule has 0 amide bonds. The Labute approximate surface area is 185 Å². The second kappa shape index (κ2) is 7.73. The van der Waals surface area contributed by atoms with Gasteiger partial charge in [-0.05, 0) is 61.8 Å². The zero-order chi connectivity index (χ0) is 21.8. The quantitative estimate of drug-likeness (QED) is 0.668. The zero-order valence-electron chi connectivity index (χ0n) is 18.0. The number of fused-ring (bicyclic) bond motifs is 2. The van der Waals surface area contributed by atoms with Crippen LogP contribution in [0.2, 0.25) is 0 Å². The first-order valence-electron chi connectivity index (χ1n) is 11.7. The maximum absolute atomic E-state index is 13.6. The Morgan fingerprint density at radius 1 is 0.812 bits per heavy atom. The van der Waals surface area contributed by atoms with E-state index in [4.69, 9.17) is 0 Å². The van der Waals surface area contributed by atoms with Gasteiger partial charge in [0.2, 0.25) is 0 Å². The molecule has 1 aromatic heterocycles. The van der Waals surface area contributed by atoms with Crippen molar-refractivity contribution in [3.8, 4) is 0 Å². The first-order valence-corrected chi connectivity index (χ1v) is 11.7. The lowest BCUT2D eigenvalue weighted by atomic mass is 10.0. The molecule has 32 heavy (non-hydrogen) atoms. The summed E-state index contributed by atoms with van der Waals surface area (Å²) in [7, 11) is 0. The third-order valence-corrected chi connectivity index (χ3v) is 8.05. The van der Waals surface area contributed by atoms with E-state index >= 15 is 0 Å². The number of halogens is 2. The number of rotatable bonds is 3. The van der Waals surface area contributed by atoms with Crippen molar-refractivity contribution in [2.75, 3.05) is 31.1 Å². The van der Waals surface area contributed by atoms with Crippen LogP contribution in [0.4, 0.5) is 14.5 Å². The molecular weight excluding hydrogens is 410 g/mol. The summed E-state index contributed by atoms with van der Waals surface area (Å²) in [6, 6.07) is 13.0. The zero-order valence-corrected chi connectivity index (χ0v) is 18.0.